The predicted molar refractivity (Wildman–Crippen MR) is 60.9 cm³/mol. The van der Waals surface area contributed by atoms with Gasteiger partial charge in [-0.15, -0.1) is 0 Å². The summed E-state index contributed by atoms with van der Waals surface area (Å²) in [5.41, 5.74) is -0.672. The van der Waals surface area contributed by atoms with Gasteiger partial charge in [0.1, 0.15) is 5.60 Å². The lowest BCUT2D eigenvalue weighted by atomic mass is 9.71. The van der Waals surface area contributed by atoms with E-state index in [2.05, 4.69) is 0 Å². The lowest BCUT2D eigenvalue weighted by Crippen LogP contribution is -2.47. The fourth-order valence-electron chi connectivity index (χ4n) is 3.37. The first-order valence-corrected chi connectivity index (χ1v) is 6.23. The molecular weight excluding hydrogens is 222 g/mol. The second-order valence-electron chi connectivity index (χ2n) is 5.66. The summed E-state index contributed by atoms with van der Waals surface area (Å²) >= 11 is 0. The van der Waals surface area contributed by atoms with Crippen LogP contribution in [0.15, 0.2) is 0 Å². The van der Waals surface area contributed by atoms with Gasteiger partial charge in [-0.25, -0.2) is 0 Å². The fourth-order valence-corrected chi connectivity index (χ4v) is 3.37. The third-order valence-electron chi connectivity index (χ3n) is 4.72. The van der Waals surface area contributed by atoms with Crippen LogP contribution < -0.4 is 0 Å². The molecule has 2 aliphatic heterocycles. The SMILES string of the molecule is C[C@H]1[C@H]([N+](=O)[O-])[C@@H](C)[C@@]2(C)CCC[C@H]1C(=O)O2. The van der Waals surface area contributed by atoms with Gasteiger partial charge in [0.05, 0.1) is 11.8 Å². The number of ether oxygens (including phenoxy) is 1. The van der Waals surface area contributed by atoms with E-state index in [1.807, 2.05) is 20.8 Å². The van der Waals surface area contributed by atoms with Crippen LogP contribution in [-0.4, -0.2) is 22.5 Å². The van der Waals surface area contributed by atoms with Gasteiger partial charge in [-0.2, -0.15) is 0 Å². The molecule has 2 heterocycles. The van der Waals surface area contributed by atoms with Crippen molar-refractivity contribution in [3.63, 3.8) is 0 Å². The molecule has 0 radical (unpaired) electrons. The van der Waals surface area contributed by atoms with Crippen LogP contribution in [0.5, 0.6) is 0 Å². The van der Waals surface area contributed by atoms with Gasteiger partial charge >= 0.3 is 5.97 Å². The topological polar surface area (TPSA) is 69.4 Å². The summed E-state index contributed by atoms with van der Waals surface area (Å²) in [6, 6.07) is -0.684. The summed E-state index contributed by atoms with van der Waals surface area (Å²) in [5.74, 6) is -1.03. The minimum atomic E-state index is -0.684. The number of carbonyl (C=O) groups is 1. The van der Waals surface area contributed by atoms with Gasteiger partial charge in [0.2, 0.25) is 6.04 Å². The normalized spacial score (nSPS) is 45.9. The Labute approximate surface area is 101 Å². The molecule has 0 aromatic rings. The molecule has 0 amide bonds. The van der Waals surface area contributed by atoms with Crippen LogP contribution in [0, 0.1) is 27.9 Å². The molecule has 2 saturated heterocycles. The van der Waals surface area contributed by atoms with E-state index in [9.17, 15) is 14.9 Å². The van der Waals surface area contributed by atoms with E-state index in [4.69, 9.17) is 4.74 Å². The highest BCUT2D eigenvalue weighted by atomic mass is 16.6. The summed E-state index contributed by atoms with van der Waals surface area (Å²) in [4.78, 5) is 23.0. The molecule has 5 atom stereocenters. The molecular formula is C12H19NO4. The van der Waals surface area contributed by atoms with E-state index in [1.54, 1.807) is 0 Å². The monoisotopic (exact) mass is 241 g/mol. The maximum absolute atomic E-state index is 12.0. The molecule has 0 spiro atoms. The zero-order valence-corrected chi connectivity index (χ0v) is 10.5. The number of hydrogen-bond acceptors (Lipinski definition) is 4. The summed E-state index contributed by atoms with van der Waals surface area (Å²) < 4.78 is 5.54. The Morgan fingerprint density at radius 1 is 1.47 bits per heavy atom. The quantitative estimate of drug-likeness (QED) is 0.400. The summed E-state index contributed by atoms with van der Waals surface area (Å²) in [7, 11) is 0. The largest absolute Gasteiger partial charge is 0.459 e. The van der Waals surface area contributed by atoms with Crippen molar-refractivity contribution in [3.8, 4) is 0 Å². The Hall–Kier alpha value is -1.13. The summed E-state index contributed by atoms with van der Waals surface area (Å²) in [5, 5.41) is 11.2. The average Bonchev–Trinajstić information content (AvgIpc) is 2.39. The first kappa shape index (κ1) is 12.3. The van der Waals surface area contributed by atoms with Crippen LogP contribution in [-0.2, 0) is 9.53 Å². The molecule has 0 aromatic carbocycles. The molecule has 0 aromatic heterocycles. The minimum absolute atomic E-state index is 0.228. The van der Waals surface area contributed by atoms with Crippen LogP contribution in [0.1, 0.15) is 40.0 Å². The van der Waals surface area contributed by atoms with Crippen molar-refractivity contribution in [2.75, 3.05) is 0 Å². The Morgan fingerprint density at radius 2 is 2.12 bits per heavy atom. The van der Waals surface area contributed by atoms with Crippen molar-refractivity contribution in [2.24, 2.45) is 17.8 Å². The number of fused-ring (bicyclic) bond motifs is 3. The zero-order valence-electron chi connectivity index (χ0n) is 10.5. The molecule has 0 aliphatic carbocycles. The molecule has 2 bridgehead atoms. The molecule has 0 saturated carbocycles. The smallest absolute Gasteiger partial charge is 0.310 e. The van der Waals surface area contributed by atoms with Gasteiger partial charge in [-0.05, 0) is 26.2 Å². The number of nitro groups is 1. The van der Waals surface area contributed by atoms with Crippen molar-refractivity contribution >= 4 is 5.97 Å². The van der Waals surface area contributed by atoms with Crippen molar-refractivity contribution in [1.29, 1.82) is 0 Å². The maximum Gasteiger partial charge on any atom is 0.310 e. The number of esters is 1. The Balaban J connectivity index is 2.46. The molecule has 5 nitrogen and oxygen atoms in total. The second kappa shape index (κ2) is 3.96. The van der Waals surface area contributed by atoms with Gasteiger partial charge in [-0.1, -0.05) is 13.8 Å². The molecule has 96 valence electrons. The van der Waals surface area contributed by atoms with E-state index < -0.39 is 11.6 Å². The van der Waals surface area contributed by atoms with Crippen molar-refractivity contribution in [3.05, 3.63) is 10.1 Å². The zero-order chi connectivity index (χ0) is 12.8. The molecule has 2 fully saturated rings. The highest BCUT2D eigenvalue weighted by Gasteiger charge is 2.55. The maximum atomic E-state index is 12.0. The van der Waals surface area contributed by atoms with Crippen LogP contribution in [0.2, 0.25) is 0 Å². The molecule has 17 heavy (non-hydrogen) atoms. The van der Waals surface area contributed by atoms with Crippen molar-refractivity contribution in [2.45, 2.75) is 51.7 Å². The van der Waals surface area contributed by atoms with E-state index in [1.165, 1.54) is 0 Å². The lowest BCUT2D eigenvalue weighted by molar-refractivity contribution is -0.545. The Bertz CT molecular complexity index is 356. The molecule has 0 unspecified atom stereocenters. The van der Waals surface area contributed by atoms with Gasteiger partial charge in [0, 0.05) is 10.8 Å². The lowest BCUT2D eigenvalue weighted by Gasteiger charge is -2.35. The van der Waals surface area contributed by atoms with Gasteiger partial charge in [-0.3, -0.25) is 14.9 Å². The Kier molecular flexibility index (Phi) is 2.87. The fraction of sp³-hybridized carbons (Fsp3) is 0.917. The van der Waals surface area contributed by atoms with Crippen LogP contribution in [0.25, 0.3) is 0 Å². The van der Waals surface area contributed by atoms with Crippen molar-refractivity contribution < 1.29 is 14.5 Å². The summed E-state index contributed by atoms with van der Waals surface area (Å²) in [6.45, 7) is 5.49. The highest BCUT2D eigenvalue weighted by Crippen LogP contribution is 2.44. The first-order chi connectivity index (χ1) is 7.87. The Morgan fingerprint density at radius 3 is 2.71 bits per heavy atom. The van der Waals surface area contributed by atoms with Gasteiger partial charge in [0.15, 0.2) is 0 Å². The average molecular weight is 241 g/mol. The van der Waals surface area contributed by atoms with Gasteiger partial charge in [0.25, 0.3) is 0 Å². The standard InChI is InChI=1S/C12H19NO4/c1-7-9-5-4-6-12(3,17-11(9)14)8(2)10(7)13(15)16/h7-10H,4-6H2,1-3H3/t7-,8-,9-,10+,12-/m1/s1. The summed E-state index contributed by atoms with van der Waals surface area (Å²) in [6.07, 6.45) is 2.35. The first-order valence-electron chi connectivity index (χ1n) is 6.23. The minimum Gasteiger partial charge on any atom is -0.459 e. The predicted octanol–water partition coefficient (Wildman–Crippen LogP) is 2.02. The van der Waals surface area contributed by atoms with E-state index >= 15 is 0 Å². The third-order valence-corrected chi connectivity index (χ3v) is 4.72. The van der Waals surface area contributed by atoms with Gasteiger partial charge < -0.3 is 4.74 Å². The molecule has 0 N–H and O–H groups in total. The molecule has 5 heteroatoms. The van der Waals surface area contributed by atoms with E-state index in [0.717, 1.165) is 12.8 Å². The molecule has 2 rings (SSSR count). The number of carbonyl (C=O) groups excluding carboxylic acids is 1. The number of nitrogens with zero attached hydrogens (tertiary/aromatic N) is 1. The highest BCUT2D eigenvalue weighted by molar-refractivity contribution is 5.74. The van der Waals surface area contributed by atoms with Crippen LogP contribution in [0.3, 0.4) is 0 Å². The number of hydrogen-bond donors (Lipinski definition) is 0. The van der Waals surface area contributed by atoms with E-state index in [0.29, 0.717) is 6.42 Å². The number of rotatable bonds is 1. The molecule has 2 aliphatic rings. The van der Waals surface area contributed by atoms with E-state index in [-0.39, 0.29) is 28.6 Å². The third kappa shape index (κ3) is 1.81. The van der Waals surface area contributed by atoms with Crippen molar-refractivity contribution in [1.82, 2.24) is 0 Å². The van der Waals surface area contributed by atoms with Crippen LogP contribution >= 0.6 is 0 Å². The van der Waals surface area contributed by atoms with Crippen LogP contribution in [0.4, 0.5) is 0 Å². The second-order valence-corrected chi connectivity index (χ2v) is 5.66.